The highest BCUT2D eigenvalue weighted by Gasteiger charge is 2.24. The first-order valence-corrected chi connectivity index (χ1v) is 10.7. The fourth-order valence-electron chi connectivity index (χ4n) is 3.49. The Morgan fingerprint density at radius 2 is 1.67 bits per heavy atom. The lowest BCUT2D eigenvalue weighted by Crippen LogP contribution is -2.23. The lowest BCUT2D eigenvalue weighted by Gasteiger charge is -2.17. The van der Waals surface area contributed by atoms with Gasteiger partial charge in [0.15, 0.2) is 0 Å². The van der Waals surface area contributed by atoms with E-state index in [2.05, 4.69) is 4.72 Å². The third-order valence-corrected chi connectivity index (χ3v) is 6.35. The zero-order valence-corrected chi connectivity index (χ0v) is 16.9. The highest BCUT2D eigenvalue weighted by molar-refractivity contribution is 7.89. The molecule has 0 unspecified atom stereocenters. The average Bonchev–Trinajstić information content (AvgIpc) is 2.90. The lowest BCUT2D eigenvalue weighted by atomic mass is 9.92. The molecule has 0 amide bonds. The molecular formula is C23H19NO5S. The number of hydrogen-bond donors (Lipinski definition) is 2. The number of nitrogens with one attached hydrogen (secondary N) is 1. The van der Waals surface area contributed by atoms with Crippen LogP contribution in [0, 0.1) is 0 Å². The Morgan fingerprint density at radius 3 is 2.40 bits per heavy atom. The first kappa shape index (κ1) is 19.7. The second-order valence-electron chi connectivity index (χ2n) is 6.88. The van der Waals surface area contributed by atoms with Gasteiger partial charge in [-0.05, 0) is 48.4 Å². The van der Waals surface area contributed by atoms with Crippen LogP contribution in [-0.2, 0) is 16.6 Å². The molecule has 0 atom stereocenters. The number of benzene rings is 3. The van der Waals surface area contributed by atoms with Gasteiger partial charge >= 0.3 is 5.97 Å². The average molecular weight is 421 g/mol. The molecule has 0 saturated carbocycles. The fourth-order valence-corrected chi connectivity index (χ4v) is 4.63. The summed E-state index contributed by atoms with van der Waals surface area (Å²) < 4.78 is 34.3. The number of carbonyl (C=O) groups is 1. The third-order valence-electron chi connectivity index (χ3n) is 4.88. The maximum atomic E-state index is 12.9. The number of carboxylic acids is 1. The Bertz CT molecular complexity index is 1260. The Labute approximate surface area is 174 Å². The molecule has 30 heavy (non-hydrogen) atoms. The van der Waals surface area contributed by atoms with Crippen LogP contribution in [0.2, 0.25) is 0 Å². The first-order valence-electron chi connectivity index (χ1n) is 9.24. The van der Waals surface area contributed by atoms with E-state index in [1.54, 1.807) is 31.2 Å². The van der Waals surface area contributed by atoms with Crippen molar-refractivity contribution in [1.29, 1.82) is 0 Å². The highest BCUT2D eigenvalue weighted by atomic mass is 32.2. The van der Waals surface area contributed by atoms with Crippen molar-refractivity contribution in [3.8, 4) is 5.75 Å². The van der Waals surface area contributed by atoms with Gasteiger partial charge in [-0.25, -0.2) is 13.2 Å². The molecule has 0 fully saturated rings. The van der Waals surface area contributed by atoms with Crippen LogP contribution in [0.3, 0.4) is 0 Å². The van der Waals surface area contributed by atoms with Crippen molar-refractivity contribution in [3.63, 3.8) is 0 Å². The molecule has 0 saturated heterocycles. The van der Waals surface area contributed by atoms with Gasteiger partial charge < -0.3 is 9.84 Å². The minimum atomic E-state index is -3.82. The lowest BCUT2D eigenvalue weighted by molar-refractivity contribution is 0.0696. The topological polar surface area (TPSA) is 92.7 Å². The van der Waals surface area contributed by atoms with Gasteiger partial charge in [0.2, 0.25) is 0 Å². The summed E-state index contributed by atoms with van der Waals surface area (Å²) in [6, 6.07) is 20.2. The number of rotatable bonds is 4. The monoisotopic (exact) mass is 421 g/mol. The number of fused-ring (bicyclic) bond motifs is 2. The molecule has 0 aliphatic carbocycles. The van der Waals surface area contributed by atoms with Crippen LogP contribution in [0.25, 0.3) is 5.57 Å². The Balaban J connectivity index is 1.93. The Morgan fingerprint density at radius 1 is 0.967 bits per heavy atom. The number of sulfonamides is 1. The van der Waals surface area contributed by atoms with Crippen molar-refractivity contribution in [2.24, 2.45) is 0 Å². The van der Waals surface area contributed by atoms with Crippen LogP contribution in [0.1, 0.15) is 34.0 Å². The molecule has 2 N–H and O–H groups in total. The highest BCUT2D eigenvalue weighted by Crippen LogP contribution is 2.39. The van der Waals surface area contributed by atoms with E-state index in [-0.39, 0.29) is 17.1 Å². The third kappa shape index (κ3) is 3.67. The molecule has 1 heterocycles. The van der Waals surface area contributed by atoms with Gasteiger partial charge in [0.25, 0.3) is 10.0 Å². The van der Waals surface area contributed by atoms with E-state index in [4.69, 9.17) is 4.74 Å². The molecule has 3 aromatic rings. The predicted molar refractivity (Wildman–Crippen MR) is 113 cm³/mol. The van der Waals surface area contributed by atoms with Crippen LogP contribution in [0.15, 0.2) is 83.4 Å². The maximum Gasteiger partial charge on any atom is 0.335 e. The molecule has 0 radical (unpaired) electrons. The standard InChI is InChI=1S/C23H19NO5S/c1-15(24-30(27,28)18-8-3-2-4-9-18)22-19-10-6-5-7-17(19)14-29-21-12-11-16(23(25)26)13-20(21)22/h2-13,24H,14H2,1H3,(H,25,26)/b22-15+. The first-order chi connectivity index (χ1) is 14.4. The van der Waals surface area contributed by atoms with E-state index in [1.165, 1.54) is 24.3 Å². The van der Waals surface area contributed by atoms with Crippen LogP contribution >= 0.6 is 0 Å². The molecule has 6 nitrogen and oxygen atoms in total. The van der Waals surface area contributed by atoms with Crippen molar-refractivity contribution < 1.29 is 23.1 Å². The summed E-state index contributed by atoms with van der Waals surface area (Å²) in [5.41, 5.74) is 3.23. The van der Waals surface area contributed by atoms with Gasteiger partial charge in [-0.2, -0.15) is 0 Å². The van der Waals surface area contributed by atoms with Gasteiger partial charge in [0, 0.05) is 16.8 Å². The van der Waals surface area contributed by atoms with E-state index in [0.29, 0.717) is 22.6 Å². The zero-order valence-electron chi connectivity index (χ0n) is 16.1. The molecule has 4 rings (SSSR count). The summed E-state index contributed by atoms with van der Waals surface area (Å²) in [7, 11) is -3.82. The smallest absolute Gasteiger partial charge is 0.335 e. The summed E-state index contributed by atoms with van der Waals surface area (Å²) in [4.78, 5) is 11.7. The van der Waals surface area contributed by atoms with Gasteiger partial charge in [-0.1, -0.05) is 42.5 Å². The molecule has 0 spiro atoms. The van der Waals surface area contributed by atoms with Gasteiger partial charge in [-0.3, -0.25) is 4.72 Å². The van der Waals surface area contributed by atoms with Crippen molar-refractivity contribution in [2.45, 2.75) is 18.4 Å². The summed E-state index contributed by atoms with van der Waals surface area (Å²) >= 11 is 0. The predicted octanol–water partition coefficient (Wildman–Crippen LogP) is 4.04. The molecule has 1 aliphatic heterocycles. The molecular weight excluding hydrogens is 402 g/mol. The van der Waals surface area contributed by atoms with E-state index >= 15 is 0 Å². The quantitative estimate of drug-likeness (QED) is 0.663. The molecule has 152 valence electrons. The van der Waals surface area contributed by atoms with Crippen molar-refractivity contribution in [1.82, 2.24) is 4.72 Å². The number of carboxylic acid groups (broad SMARTS) is 1. The normalized spacial score (nSPS) is 14.6. The Kier molecular flexibility index (Phi) is 5.05. The second kappa shape index (κ2) is 7.68. The largest absolute Gasteiger partial charge is 0.488 e. The molecule has 0 aromatic heterocycles. The summed E-state index contributed by atoms with van der Waals surface area (Å²) in [6.45, 7) is 1.95. The maximum absolute atomic E-state index is 12.9. The number of aromatic carboxylic acids is 1. The van der Waals surface area contributed by atoms with Crippen LogP contribution in [-0.4, -0.2) is 19.5 Å². The summed E-state index contributed by atoms with van der Waals surface area (Å²) in [6.07, 6.45) is 0. The number of ether oxygens (including phenoxy) is 1. The van der Waals surface area contributed by atoms with Gasteiger partial charge in [0.05, 0.1) is 10.5 Å². The molecule has 0 bridgehead atoms. The van der Waals surface area contributed by atoms with Crippen molar-refractivity contribution in [3.05, 3.63) is 101 Å². The molecule has 7 heteroatoms. The van der Waals surface area contributed by atoms with E-state index in [1.807, 2.05) is 24.3 Å². The van der Waals surface area contributed by atoms with Gasteiger partial charge in [0.1, 0.15) is 12.4 Å². The van der Waals surface area contributed by atoms with Crippen LogP contribution in [0.5, 0.6) is 5.75 Å². The van der Waals surface area contributed by atoms with E-state index in [0.717, 1.165) is 11.1 Å². The van der Waals surface area contributed by atoms with Crippen LogP contribution in [0.4, 0.5) is 0 Å². The number of allylic oxidation sites excluding steroid dienone is 1. The van der Waals surface area contributed by atoms with Gasteiger partial charge in [-0.15, -0.1) is 0 Å². The number of hydrogen-bond acceptors (Lipinski definition) is 4. The molecule has 1 aliphatic rings. The van der Waals surface area contributed by atoms with E-state index < -0.39 is 16.0 Å². The minimum absolute atomic E-state index is 0.0907. The fraction of sp³-hybridized carbons (Fsp3) is 0.0870. The summed E-state index contributed by atoms with van der Waals surface area (Å²) in [5, 5.41) is 9.44. The van der Waals surface area contributed by atoms with Crippen LogP contribution < -0.4 is 9.46 Å². The zero-order chi connectivity index (χ0) is 21.3. The van der Waals surface area contributed by atoms with Crippen molar-refractivity contribution >= 4 is 21.6 Å². The van der Waals surface area contributed by atoms with E-state index in [9.17, 15) is 18.3 Å². The SMILES string of the molecule is C/C(NS(=O)(=O)c1ccccc1)=C1/c2ccccc2COc2ccc(C(=O)O)cc21. The Hall–Kier alpha value is -3.58. The van der Waals surface area contributed by atoms with Crippen molar-refractivity contribution in [2.75, 3.05) is 0 Å². The molecule has 3 aromatic carbocycles. The minimum Gasteiger partial charge on any atom is -0.488 e. The second-order valence-corrected chi connectivity index (χ2v) is 8.56. The summed E-state index contributed by atoms with van der Waals surface area (Å²) in [5.74, 6) is -0.582.